The average Bonchev–Trinajstić information content (AvgIpc) is 2.99. The molecule has 3 aromatic rings. The Morgan fingerprint density at radius 3 is 3.05 bits per heavy atom. The molecule has 0 amide bonds. The van der Waals surface area contributed by atoms with Crippen LogP contribution in [0.15, 0.2) is 23.6 Å². The standard InChI is InChI=1S/C14H12N4S2/c1-9-8-20-12(16-9)5-6-18-11-4-2-3-10(7-15)13(11)17-14(18)19/h2-4,8H,5-6H2,1H3,(H,17,19). The lowest BCUT2D eigenvalue weighted by Crippen LogP contribution is -2.01. The first kappa shape index (κ1) is 13.0. The number of hydrogen-bond acceptors (Lipinski definition) is 4. The summed E-state index contributed by atoms with van der Waals surface area (Å²) in [5.74, 6) is 0. The van der Waals surface area contributed by atoms with Crippen LogP contribution in [-0.2, 0) is 13.0 Å². The Kier molecular flexibility index (Phi) is 3.38. The first-order valence-corrected chi connectivity index (χ1v) is 7.50. The molecule has 0 saturated heterocycles. The number of nitriles is 1. The van der Waals surface area contributed by atoms with Crippen LogP contribution in [0.25, 0.3) is 11.0 Å². The largest absolute Gasteiger partial charge is 0.329 e. The molecule has 20 heavy (non-hydrogen) atoms. The van der Waals surface area contributed by atoms with Crippen molar-refractivity contribution in [2.75, 3.05) is 0 Å². The lowest BCUT2D eigenvalue weighted by atomic mass is 10.2. The van der Waals surface area contributed by atoms with Crippen LogP contribution in [0.3, 0.4) is 0 Å². The number of H-pyrrole nitrogens is 1. The molecule has 0 unspecified atom stereocenters. The number of benzene rings is 1. The molecule has 6 heteroatoms. The summed E-state index contributed by atoms with van der Waals surface area (Å²) in [6.07, 6.45) is 0.844. The number of aromatic nitrogens is 3. The maximum absolute atomic E-state index is 9.12. The van der Waals surface area contributed by atoms with E-state index in [0.29, 0.717) is 10.3 Å². The molecule has 0 aliphatic rings. The summed E-state index contributed by atoms with van der Waals surface area (Å²) in [6.45, 7) is 2.76. The van der Waals surface area contributed by atoms with E-state index in [1.165, 1.54) is 0 Å². The van der Waals surface area contributed by atoms with E-state index in [9.17, 15) is 0 Å². The second-order valence-corrected chi connectivity index (χ2v) is 5.86. The molecule has 0 atom stereocenters. The fourth-order valence-corrected chi connectivity index (χ4v) is 3.28. The van der Waals surface area contributed by atoms with Crippen LogP contribution >= 0.6 is 23.6 Å². The van der Waals surface area contributed by atoms with Gasteiger partial charge in [0.1, 0.15) is 6.07 Å². The fourth-order valence-electron chi connectivity index (χ4n) is 2.22. The molecule has 100 valence electrons. The van der Waals surface area contributed by atoms with Crippen LogP contribution in [0.4, 0.5) is 0 Å². The molecule has 0 radical (unpaired) electrons. The minimum absolute atomic E-state index is 0.623. The maximum atomic E-state index is 9.12. The molecular weight excluding hydrogens is 288 g/mol. The topological polar surface area (TPSA) is 57.4 Å². The van der Waals surface area contributed by atoms with Crippen molar-refractivity contribution in [2.24, 2.45) is 0 Å². The molecule has 3 rings (SSSR count). The van der Waals surface area contributed by atoms with Gasteiger partial charge in [-0.2, -0.15) is 5.26 Å². The molecule has 0 aliphatic carbocycles. The lowest BCUT2D eigenvalue weighted by Gasteiger charge is -2.02. The zero-order chi connectivity index (χ0) is 14.1. The van der Waals surface area contributed by atoms with E-state index in [-0.39, 0.29) is 0 Å². The summed E-state index contributed by atoms with van der Waals surface area (Å²) in [7, 11) is 0. The Morgan fingerprint density at radius 2 is 2.35 bits per heavy atom. The van der Waals surface area contributed by atoms with Gasteiger partial charge >= 0.3 is 0 Å². The summed E-state index contributed by atoms with van der Waals surface area (Å²) in [6, 6.07) is 7.84. The number of hydrogen-bond donors (Lipinski definition) is 1. The number of imidazole rings is 1. The van der Waals surface area contributed by atoms with E-state index in [4.69, 9.17) is 17.5 Å². The highest BCUT2D eigenvalue weighted by Crippen LogP contribution is 2.19. The van der Waals surface area contributed by atoms with Crippen LogP contribution in [0.1, 0.15) is 16.3 Å². The van der Waals surface area contributed by atoms with E-state index in [1.54, 1.807) is 17.4 Å². The van der Waals surface area contributed by atoms with Gasteiger partial charge in [-0.15, -0.1) is 11.3 Å². The van der Waals surface area contributed by atoms with Crippen LogP contribution in [0.5, 0.6) is 0 Å². The number of rotatable bonds is 3. The first-order chi connectivity index (χ1) is 9.69. The quantitative estimate of drug-likeness (QED) is 0.752. The molecule has 0 aliphatic heterocycles. The van der Waals surface area contributed by atoms with Crippen molar-refractivity contribution in [2.45, 2.75) is 19.9 Å². The highest BCUT2D eigenvalue weighted by atomic mass is 32.1. The third-order valence-electron chi connectivity index (χ3n) is 3.15. The average molecular weight is 300 g/mol. The van der Waals surface area contributed by atoms with Crippen LogP contribution in [-0.4, -0.2) is 14.5 Å². The summed E-state index contributed by atoms with van der Waals surface area (Å²) < 4.78 is 2.68. The van der Waals surface area contributed by atoms with Gasteiger partial charge in [0, 0.05) is 24.0 Å². The van der Waals surface area contributed by atoms with E-state index < -0.39 is 0 Å². The SMILES string of the molecule is Cc1csc(CCn2c(=S)[nH]c3c(C#N)cccc32)n1. The van der Waals surface area contributed by atoms with Gasteiger partial charge < -0.3 is 9.55 Å². The zero-order valence-corrected chi connectivity index (χ0v) is 12.5. The maximum Gasteiger partial charge on any atom is 0.178 e. The predicted molar refractivity (Wildman–Crippen MR) is 82.4 cm³/mol. The molecular formula is C14H12N4S2. The fraction of sp³-hybridized carbons (Fsp3) is 0.214. The molecule has 0 fully saturated rings. The first-order valence-electron chi connectivity index (χ1n) is 6.21. The van der Waals surface area contributed by atoms with Crippen molar-refractivity contribution in [3.05, 3.63) is 44.6 Å². The minimum atomic E-state index is 0.623. The summed E-state index contributed by atoms with van der Waals surface area (Å²) >= 11 is 7.03. The van der Waals surface area contributed by atoms with Crippen molar-refractivity contribution in [3.63, 3.8) is 0 Å². The van der Waals surface area contributed by atoms with Crippen molar-refractivity contribution in [3.8, 4) is 6.07 Å². The van der Waals surface area contributed by atoms with Crippen molar-refractivity contribution >= 4 is 34.6 Å². The molecule has 1 aromatic carbocycles. The molecule has 0 saturated carbocycles. The van der Waals surface area contributed by atoms with Gasteiger partial charge in [-0.3, -0.25) is 0 Å². The molecule has 0 bridgehead atoms. The highest BCUT2D eigenvalue weighted by molar-refractivity contribution is 7.71. The highest BCUT2D eigenvalue weighted by Gasteiger charge is 2.08. The number of aryl methyl sites for hydroxylation is 3. The van der Waals surface area contributed by atoms with Crippen LogP contribution < -0.4 is 0 Å². The van der Waals surface area contributed by atoms with E-state index >= 15 is 0 Å². The third kappa shape index (κ3) is 2.26. The number of para-hydroxylation sites is 1. The zero-order valence-electron chi connectivity index (χ0n) is 10.9. The Bertz CT molecular complexity index is 863. The van der Waals surface area contributed by atoms with Gasteiger partial charge in [-0.25, -0.2) is 4.98 Å². The van der Waals surface area contributed by atoms with Crippen LogP contribution in [0.2, 0.25) is 0 Å². The van der Waals surface area contributed by atoms with E-state index in [2.05, 4.69) is 21.4 Å². The van der Waals surface area contributed by atoms with Gasteiger partial charge in [0.15, 0.2) is 4.77 Å². The van der Waals surface area contributed by atoms with Gasteiger partial charge in [0.25, 0.3) is 0 Å². The lowest BCUT2D eigenvalue weighted by molar-refractivity contribution is 0.703. The Morgan fingerprint density at radius 1 is 1.50 bits per heavy atom. The van der Waals surface area contributed by atoms with Crippen molar-refractivity contribution < 1.29 is 0 Å². The van der Waals surface area contributed by atoms with Gasteiger partial charge in [-0.1, -0.05) is 6.07 Å². The summed E-state index contributed by atoms with van der Waals surface area (Å²) in [5.41, 5.74) is 3.47. The molecule has 4 nitrogen and oxygen atoms in total. The minimum Gasteiger partial charge on any atom is -0.329 e. The van der Waals surface area contributed by atoms with Gasteiger partial charge in [0.05, 0.1) is 21.6 Å². The monoisotopic (exact) mass is 300 g/mol. The second-order valence-electron chi connectivity index (χ2n) is 4.53. The number of thiazole rings is 1. The molecule has 2 aromatic heterocycles. The van der Waals surface area contributed by atoms with Crippen molar-refractivity contribution in [1.29, 1.82) is 5.26 Å². The molecule has 0 spiro atoms. The van der Waals surface area contributed by atoms with E-state index in [0.717, 1.165) is 34.7 Å². The predicted octanol–water partition coefficient (Wildman–Crippen LogP) is 3.58. The Labute approximate surface area is 125 Å². The number of nitrogens with zero attached hydrogens (tertiary/aromatic N) is 3. The van der Waals surface area contributed by atoms with Gasteiger partial charge in [-0.05, 0) is 31.3 Å². The number of aromatic amines is 1. The second kappa shape index (κ2) is 5.19. The summed E-state index contributed by atoms with van der Waals surface area (Å²) in [5, 5.41) is 12.3. The van der Waals surface area contributed by atoms with Crippen molar-refractivity contribution in [1.82, 2.24) is 14.5 Å². The normalized spacial score (nSPS) is 10.8. The smallest absolute Gasteiger partial charge is 0.178 e. The van der Waals surface area contributed by atoms with E-state index in [1.807, 2.05) is 23.6 Å². The Hall–Kier alpha value is -1.97. The van der Waals surface area contributed by atoms with Gasteiger partial charge in [0.2, 0.25) is 0 Å². The summed E-state index contributed by atoms with van der Waals surface area (Å²) in [4.78, 5) is 7.59. The molecule has 2 heterocycles. The third-order valence-corrected chi connectivity index (χ3v) is 4.50. The Balaban J connectivity index is 1.98. The molecule has 1 N–H and O–H groups in total. The number of fused-ring (bicyclic) bond motifs is 1. The van der Waals surface area contributed by atoms with Crippen LogP contribution in [0, 0.1) is 23.0 Å². The number of nitrogens with one attached hydrogen (secondary N) is 1.